The lowest BCUT2D eigenvalue weighted by atomic mass is 10.0. The van der Waals surface area contributed by atoms with E-state index in [1.165, 1.54) is 17.5 Å². The molecule has 3 heteroatoms. The number of rotatable bonds is 5. The van der Waals surface area contributed by atoms with Gasteiger partial charge in [0.1, 0.15) is 0 Å². The van der Waals surface area contributed by atoms with Crippen molar-refractivity contribution in [2.24, 2.45) is 0 Å². The molecule has 0 spiro atoms. The third kappa shape index (κ3) is 3.56. The number of amides is 1. The monoisotopic (exact) mass is 321 g/mol. The van der Waals surface area contributed by atoms with E-state index in [1.807, 2.05) is 44.2 Å². The zero-order chi connectivity index (χ0) is 17.1. The van der Waals surface area contributed by atoms with E-state index in [0.29, 0.717) is 0 Å². The highest BCUT2D eigenvalue weighted by Gasteiger charge is 2.15. The molecule has 24 heavy (non-hydrogen) atoms. The van der Waals surface area contributed by atoms with E-state index in [4.69, 9.17) is 0 Å². The van der Waals surface area contributed by atoms with Crippen molar-refractivity contribution in [2.75, 3.05) is 5.32 Å². The minimum Gasteiger partial charge on any atom is -0.326 e. The lowest BCUT2D eigenvalue weighted by Crippen LogP contribution is -2.14. The number of ketones is 1. The Morgan fingerprint density at radius 1 is 1.00 bits per heavy atom. The van der Waals surface area contributed by atoms with Gasteiger partial charge in [-0.25, -0.2) is 0 Å². The van der Waals surface area contributed by atoms with Crippen molar-refractivity contribution < 1.29 is 9.59 Å². The summed E-state index contributed by atoms with van der Waals surface area (Å²) in [5.41, 5.74) is 6.41. The SMILES string of the molecule is Cc1cccc(NC(=O)CCC(=O)c2ccc3c(c2)CCC3)c1C. The van der Waals surface area contributed by atoms with Gasteiger partial charge in [-0.2, -0.15) is 0 Å². The lowest BCUT2D eigenvalue weighted by molar-refractivity contribution is -0.116. The first kappa shape index (κ1) is 16.4. The zero-order valence-electron chi connectivity index (χ0n) is 14.3. The molecule has 0 heterocycles. The van der Waals surface area contributed by atoms with Crippen LogP contribution in [0.15, 0.2) is 36.4 Å². The number of anilines is 1. The van der Waals surface area contributed by atoms with Gasteiger partial charge in [-0.05, 0) is 67.5 Å². The minimum absolute atomic E-state index is 0.0424. The van der Waals surface area contributed by atoms with Gasteiger partial charge in [0, 0.05) is 24.1 Å². The molecule has 0 aromatic heterocycles. The molecule has 1 aliphatic carbocycles. The molecule has 2 aromatic rings. The van der Waals surface area contributed by atoms with Crippen LogP contribution in [0, 0.1) is 13.8 Å². The normalized spacial score (nSPS) is 12.8. The summed E-state index contributed by atoms with van der Waals surface area (Å²) in [5, 5.41) is 2.91. The molecule has 1 N–H and O–H groups in total. The van der Waals surface area contributed by atoms with Crippen LogP contribution >= 0.6 is 0 Å². The fourth-order valence-corrected chi connectivity index (χ4v) is 3.22. The van der Waals surface area contributed by atoms with Gasteiger partial charge in [0.2, 0.25) is 5.91 Å². The predicted octanol–water partition coefficient (Wildman–Crippen LogP) is 4.39. The molecule has 0 aliphatic heterocycles. The summed E-state index contributed by atoms with van der Waals surface area (Å²) >= 11 is 0. The number of nitrogens with one attached hydrogen (secondary N) is 1. The summed E-state index contributed by atoms with van der Waals surface area (Å²) in [6.45, 7) is 4.00. The predicted molar refractivity (Wildman–Crippen MR) is 96.6 cm³/mol. The minimum atomic E-state index is -0.113. The molecule has 0 radical (unpaired) electrons. The molecule has 0 bridgehead atoms. The first-order valence-electron chi connectivity index (χ1n) is 8.55. The molecular weight excluding hydrogens is 298 g/mol. The van der Waals surface area contributed by atoms with Gasteiger partial charge in [0.05, 0.1) is 0 Å². The maximum Gasteiger partial charge on any atom is 0.224 e. The summed E-state index contributed by atoms with van der Waals surface area (Å²) in [6, 6.07) is 11.8. The van der Waals surface area contributed by atoms with Crippen LogP contribution in [0.4, 0.5) is 5.69 Å². The van der Waals surface area contributed by atoms with Crippen LogP contribution in [-0.4, -0.2) is 11.7 Å². The van der Waals surface area contributed by atoms with Crippen LogP contribution < -0.4 is 5.32 Å². The van der Waals surface area contributed by atoms with Crippen molar-refractivity contribution in [3.63, 3.8) is 0 Å². The molecular formula is C21H23NO2. The highest BCUT2D eigenvalue weighted by molar-refractivity contribution is 6.00. The summed E-state index contributed by atoms with van der Waals surface area (Å²) in [6.07, 6.45) is 3.80. The second kappa shape index (κ2) is 7.00. The van der Waals surface area contributed by atoms with E-state index in [1.54, 1.807) is 0 Å². The molecule has 0 atom stereocenters. The number of carbonyl (C=O) groups is 2. The molecule has 0 saturated heterocycles. The quantitative estimate of drug-likeness (QED) is 0.830. The van der Waals surface area contributed by atoms with E-state index >= 15 is 0 Å². The topological polar surface area (TPSA) is 46.2 Å². The van der Waals surface area contributed by atoms with Crippen LogP contribution in [0.2, 0.25) is 0 Å². The average Bonchev–Trinajstić information content (AvgIpc) is 3.04. The number of fused-ring (bicyclic) bond motifs is 1. The van der Waals surface area contributed by atoms with Gasteiger partial charge < -0.3 is 5.32 Å². The van der Waals surface area contributed by atoms with Gasteiger partial charge in [-0.1, -0.05) is 24.3 Å². The van der Waals surface area contributed by atoms with Gasteiger partial charge in [-0.15, -0.1) is 0 Å². The maximum atomic E-state index is 12.3. The summed E-state index contributed by atoms with van der Waals surface area (Å²) in [7, 11) is 0. The van der Waals surface area contributed by atoms with Crippen molar-refractivity contribution in [1.82, 2.24) is 0 Å². The Labute approximate surface area is 143 Å². The average molecular weight is 321 g/mol. The number of hydrogen-bond acceptors (Lipinski definition) is 2. The van der Waals surface area contributed by atoms with Crippen LogP contribution in [-0.2, 0) is 17.6 Å². The van der Waals surface area contributed by atoms with Crippen molar-refractivity contribution in [1.29, 1.82) is 0 Å². The smallest absolute Gasteiger partial charge is 0.224 e. The third-order valence-corrected chi connectivity index (χ3v) is 4.88. The van der Waals surface area contributed by atoms with Gasteiger partial charge >= 0.3 is 0 Å². The zero-order valence-corrected chi connectivity index (χ0v) is 14.3. The Balaban J connectivity index is 1.58. The van der Waals surface area contributed by atoms with Crippen molar-refractivity contribution in [3.8, 4) is 0 Å². The van der Waals surface area contributed by atoms with Crippen LogP contribution in [0.25, 0.3) is 0 Å². The second-order valence-electron chi connectivity index (χ2n) is 6.56. The molecule has 3 nitrogen and oxygen atoms in total. The molecule has 0 unspecified atom stereocenters. The largest absolute Gasteiger partial charge is 0.326 e. The first-order chi connectivity index (χ1) is 11.5. The van der Waals surface area contributed by atoms with Crippen LogP contribution in [0.5, 0.6) is 0 Å². The van der Waals surface area contributed by atoms with E-state index in [-0.39, 0.29) is 24.5 Å². The van der Waals surface area contributed by atoms with E-state index in [9.17, 15) is 9.59 Å². The van der Waals surface area contributed by atoms with Crippen molar-refractivity contribution in [2.45, 2.75) is 46.0 Å². The van der Waals surface area contributed by atoms with E-state index in [0.717, 1.165) is 35.2 Å². The Kier molecular flexibility index (Phi) is 4.79. The fourth-order valence-electron chi connectivity index (χ4n) is 3.22. The fraction of sp³-hybridized carbons (Fsp3) is 0.333. The Bertz CT molecular complexity index is 792. The molecule has 3 rings (SSSR count). The lowest BCUT2D eigenvalue weighted by Gasteiger charge is -2.10. The number of hydrogen-bond donors (Lipinski definition) is 1. The number of carbonyl (C=O) groups excluding carboxylic acids is 2. The van der Waals surface area contributed by atoms with Crippen molar-refractivity contribution in [3.05, 3.63) is 64.2 Å². The molecule has 124 valence electrons. The van der Waals surface area contributed by atoms with E-state index < -0.39 is 0 Å². The molecule has 1 amide bonds. The highest BCUT2D eigenvalue weighted by atomic mass is 16.2. The highest BCUT2D eigenvalue weighted by Crippen LogP contribution is 2.23. The van der Waals surface area contributed by atoms with Crippen LogP contribution in [0.3, 0.4) is 0 Å². The van der Waals surface area contributed by atoms with Gasteiger partial charge in [0.25, 0.3) is 0 Å². The second-order valence-corrected chi connectivity index (χ2v) is 6.56. The molecule has 1 aliphatic rings. The molecule has 0 saturated carbocycles. The summed E-state index contributed by atoms with van der Waals surface area (Å²) in [4.78, 5) is 24.5. The van der Waals surface area contributed by atoms with Gasteiger partial charge in [0.15, 0.2) is 5.78 Å². The van der Waals surface area contributed by atoms with Crippen molar-refractivity contribution >= 4 is 17.4 Å². The number of aryl methyl sites for hydroxylation is 3. The van der Waals surface area contributed by atoms with Gasteiger partial charge in [-0.3, -0.25) is 9.59 Å². The van der Waals surface area contributed by atoms with E-state index in [2.05, 4.69) is 11.4 Å². The molecule has 2 aromatic carbocycles. The Morgan fingerprint density at radius 3 is 2.62 bits per heavy atom. The summed E-state index contributed by atoms with van der Waals surface area (Å²) in [5.74, 6) is -0.0703. The third-order valence-electron chi connectivity index (χ3n) is 4.88. The number of benzene rings is 2. The Morgan fingerprint density at radius 2 is 1.79 bits per heavy atom. The standard InChI is InChI=1S/C21H23NO2/c1-14-5-3-8-19(15(14)2)22-21(24)12-11-20(23)18-10-9-16-6-4-7-17(16)13-18/h3,5,8-10,13H,4,6-7,11-12H2,1-2H3,(H,22,24). The maximum absolute atomic E-state index is 12.3. The first-order valence-corrected chi connectivity index (χ1v) is 8.55. The Hall–Kier alpha value is -2.42. The molecule has 0 fully saturated rings. The summed E-state index contributed by atoms with van der Waals surface area (Å²) < 4.78 is 0. The van der Waals surface area contributed by atoms with Crippen LogP contribution in [0.1, 0.15) is 51.9 Å². The number of Topliss-reactive ketones (excluding diaryl/α,β-unsaturated/α-hetero) is 1.